The minimum atomic E-state index is -3.77. The molecular formula is C25H33N3O6S. The fourth-order valence-electron chi connectivity index (χ4n) is 4.20. The predicted octanol–water partition coefficient (Wildman–Crippen LogP) is 3.13. The van der Waals surface area contributed by atoms with Crippen LogP contribution in [0.4, 0.5) is 10.5 Å². The molecule has 3 unspecified atom stereocenters. The van der Waals surface area contributed by atoms with Crippen LogP contribution in [0.2, 0.25) is 0 Å². The summed E-state index contributed by atoms with van der Waals surface area (Å²) in [5.74, 6) is -0.439. The molecule has 2 heterocycles. The van der Waals surface area contributed by atoms with Crippen molar-refractivity contribution >= 4 is 27.5 Å². The molecule has 0 spiro atoms. The molecule has 4 rings (SSSR count). The fourth-order valence-corrected chi connectivity index (χ4v) is 5.70. The maximum absolute atomic E-state index is 13.2. The van der Waals surface area contributed by atoms with E-state index in [1.54, 1.807) is 20.0 Å². The van der Waals surface area contributed by atoms with Crippen molar-refractivity contribution < 1.29 is 27.5 Å². The first-order valence-corrected chi connectivity index (χ1v) is 12.9. The standard InChI is InChI=1S/C25H33N3O6S/c1-15-10-18-6-8-21(15)16(2)13-34-25(30)27-20-7-9-22(35(31,32)17(3)14-33-5)19(11-20)12-28(4)24(29)23(18)26/h6-11,16-17,23H,12-14,26H2,1-5H3,(H,27,30). The zero-order chi connectivity index (χ0) is 25.9. The van der Waals surface area contributed by atoms with Gasteiger partial charge in [0.15, 0.2) is 9.84 Å². The van der Waals surface area contributed by atoms with Crippen molar-refractivity contribution in [1.29, 1.82) is 0 Å². The van der Waals surface area contributed by atoms with Crippen LogP contribution in [-0.2, 0) is 30.7 Å². The Bertz CT molecular complexity index is 1210. The van der Waals surface area contributed by atoms with Crippen molar-refractivity contribution in [2.75, 3.05) is 32.7 Å². The van der Waals surface area contributed by atoms with Gasteiger partial charge >= 0.3 is 6.09 Å². The zero-order valence-corrected chi connectivity index (χ0v) is 21.5. The number of carbonyl (C=O) groups excluding carboxylic acids is 2. The molecule has 10 heteroatoms. The number of carbonyl (C=O) groups is 2. The van der Waals surface area contributed by atoms with Crippen molar-refractivity contribution in [1.82, 2.24) is 4.90 Å². The largest absolute Gasteiger partial charge is 0.449 e. The highest BCUT2D eigenvalue weighted by molar-refractivity contribution is 7.92. The third-order valence-corrected chi connectivity index (χ3v) is 8.45. The van der Waals surface area contributed by atoms with Crippen molar-refractivity contribution in [3.8, 4) is 0 Å². The number of rotatable bonds is 4. The zero-order valence-electron chi connectivity index (χ0n) is 20.7. The highest BCUT2D eigenvalue weighted by Gasteiger charge is 2.29. The number of sulfone groups is 1. The summed E-state index contributed by atoms with van der Waals surface area (Å²) in [5.41, 5.74) is 9.58. The lowest BCUT2D eigenvalue weighted by Gasteiger charge is -2.25. The molecule has 2 aromatic rings. The average molecular weight is 504 g/mol. The van der Waals surface area contributed by atoms with Gasteiger partial charge in [-0.1, -0.05) is 25.1 Å². The Labute approximate surface area is 206 Å². The second-order valence-electron chi connectivity index (χ2n) is 9.05. The first-order valence-electron chi connectivity index (χ1n) is 11.4. The minimum Gasteiger partial charge on any atom is -0.449 e. The second-order valence-corrected chi connectivity index (χ2v) is 11.4. The summed E-state index contributed by atoms with van der Waals surface area (Å²) in [7, 11) is -0.773. The number of hydrogen-bond acceptors (Lipinski definition) is 7. The van der Waals surface area contributed by atoms with E-state index in [1.165, 1.54) is 30.2 Å². The topological polar surface area (TPSA) is 128 Å². The lowest BCUT2D eigenvalue weighted by atomic mass is 9.93. The third kappa shape index (κ3) is 5.83. The van der Waals surface area contributed by atoms with Gasteiger partial charge in [0.1, 0.15) is 6.04 Å². The SMILES string of the molecule is COCC(C)S(=O)(=O)c1ccc2cc1CN(C)C(=O)C(N)c1ccc(c(C)c1)C(C)COC(=O)N2. The van der Waals surface area contributed by atoms with E-state index in [0.29, 0.717) is 16.8 Å². The van der Waals surface area contributed by atoms with Crippen molar-refractivity contribution in [2.45, 2.75) is 49.4 Å². The molecule has 2 aromatic carbocycles. The molecule has 2 aliphatic heterocycles. The maximum atomic E-state index is 13.2. The molecule has 0 aromatic heterocycles. The molecule has 0 radical (unpaired) electrons. The Kier molecular flexibility index (Phi) is 8.19. The highest BCUT2D eigenvalue weighted by Crippen LogP contribution is 2.28. The molecule has 0 fully saturated rings. The number of aryl methyl sites for hydroxylation is 1. The Morgan fingerprint density at radius 3 is 2.60 bits per heavy atom. The van der Waals surface area contributed by atoms with Crippen LogP contribution in [0.5, 0.6) is 0 Å². The number of fused-ring (bicyclic) bond motifs is 9. The number of nitrogens with two attached hydrogens (primary N) is 1. The molecular weight excluding hydrogens is 470 g/mol. The summed E-state index contributed by atoms with van der Waals surface area (Å²) in [5, 5.41) is 1.84. The smallest absolute Gasteiger partial charge is 0.411 e. The molecule has 4 bridgehead atoms. The van der Waals surface area contributed by atoms with E-state index in [0.717, 1.165) is 11.1 Å². The molecule has 0 aliphatic carbocycles. The molecule has 2 aliphatic rings. The molecule has 0 saturated heterocycles. The molecule has 0 saturated carbocycles. The lowest BCUT2D eigenvalue weighted by molar-refractivity contribution is -0.132. The quantitative estimate of drug-likeness (QED) is 0.656. The summed E-state index contributed by atoms with van der Waals surface area (Å²) < 4.78 is 36.9. The van der Waals surface area contributed by atoms with E-state index >= 15 is 0 Å². The number of methoxy groups -OCH3 is 1. The van der Waals surface area contributed by atoms with E-state index in [2.05, 4.69) is 5.32 Å². The lowest BCUT2D eigenvalue weighted by Crippen LogP contribution is -2.36. The van der Waals surface area contributed by atoms with Gasteiger partial charge in [0, 0.05) is 32.3 Å². The van der Waals surface area contributed by atoms with Gasteiger partial charge in [-0.15, -0.1) is 0 Å². The van der Waals surface area contributed by atoms with E-state index in [-0.39, 0.29) is 36.5 Å². The molecule has 2 amide bonds. The highest BCUT2D eigenvalue weighted by atomic mass is 32.2. The number of anilines is 1. The van der Waals surface area contributed by atoms with Crippen LogP contribution in [0.15, 0.2) is 41.3 Å². The Hall–Kier alpha value is -2.95. The van der Waals surface area contributed by atoms with Gasteiger partial charge in [0.25, 0.3) is 0 Å². The van der Waals surface area contributed by atoms with Crippen LogP contribution in [0.25, 0.3) is 0 Å². The van der Waals surface area contributed by atoms with Crippen LogP contribution in [0, 0.1) is 6.92 Å². The first kappa shape index (κ1) is 26.7. The van der Waals surface area contributed by atoms with Gasteiger partial charge in [0.2, 0.25) is 5.91 Å². The van der Waals surface area contributed by atoms with Crippen LogP contribution >= 0.6 is 0 Å². The van der Waals surface area contributed by atoms with Gasteiger partial charge < -0.3 is 20.1 Å². The normalized spacial score (nSPS) is 20.3. The third-order valence-electron chi connectivity index (χ3n) is 6.24. The Morgan fingerprint density at radius 2 is 1.94 bits per heavy atom. The fraction of sp³-hybridized carbons (Fsp3) is 0.440. The summed E-state index contributed by atoms with van der Waals surface area (Å²) in [6, 6.07) is 9.09. The molecule has 35 heavy (non-hydrogen) atoms. The van der Waals surface area contributed by atoms with Gasteiger partial charge in [0.05, 0.1) is 23.4 Å². The number of nitrogens with one attached hydrogen (secondary N) is 1. The van der Waals surface area contributed by atoms with Crippen LogP contribution in [-0.4, -0.2) is 57.9 Å². The van der Waals surface area contributed by atoms with Gasteiger partial charge in [-0.2, -0.15) is 0 Å². The second kappa shape index (κ2) is 10.8. The number of amides is 2. The molecule has 9 nitrogen and oxygen atoms in total. The van der Waals surface area contributed by atoms with Crippen molar-refractivity contribution in [3.63, 3.8) is 0 Å². The van der Waals surface area contributed by atoms with E-state index in [4.69, 9.17) is 15.2 Å². The van der Waals surface area contributed by atoms with Crippen molar-refractivity contribution in [2.24, 2.45) is 5.73 Å². The Balaban J connectivity index is 2.08. The van der Waals surface area contributed by atoms with Crippen LogP contribution < -0.4 is 11.1 Å². The number of benzene rings is 2. The number of likely N-dealkylation sites (N-methyl/N-ethyl adjacent to an activating group) is 1. The maximum Gasteiger partial charge on any atom is 0.411 e. The number of hydrogen-bond donors (Lipinski definition) is 2. The number of nitrogens with zero attached hydrogens (tertiary/aromatic N) is 1. The minimum absolute atomic E-state index is 0.0152. The van der Waals surface area contributed by atoms with Crippen molar-refractivity contribution in [3.05, 3.63) is 58.7 Å². The van der Waals surface area contributed by atoms with Crippen LogP contribution in [0.1, 0.15) is 48.1 Å². The average Bonchev–Trinajstić information content (AvgIpc) is 2.81. The van der Waals surface area contributed by atoms with Crippen LogP contribution in [0.3, 0.4) is 0 Å². The van der Waals surface area contributed by atoms with Gasteiger partial charge in [-0.25, -0.2) is 13.2 Å². The summed E-state index contributed by atoms with van der Waals surface area (Å²) in [6.45, 7) is 5.55. The Morgan fingerprint density at radius 1 is 1.23 bits per heavy atom. The molecule has 3 atom stereocenters. The summed E-state index contributed by atoms with van der Waals surface area (Å²) >= 11 is 0. The first-order chi connectivity index (χ1) is 16.4. The summed E-state index contributed by atoms with van der Waals surface area (Å²) in [4.78, 5) is 27.1. The summed E-state index contributed by atoms with van der Waals surface area (Å²) in [6.07, 6.45) is -0.654. The number of ether oxygens (including phenoxy) is 2. The van der Waals surface area contributed by atoms with Gasteiger partial charge in [-0.3, -0.25) is 10.1 Å². The predicted molar refractivity (Wildman–Crippen MR) is 133 cm³/mol. The monoisotopic (exact) mass is 503 g/mol. The van der Waals surface area contributed by atoms with E-state index in [9.17, 15) is 18.0 Å². The van der Waals surface area contributed by atoms with E-state index < -0.39 is 27.2 Å². The molecule has 190 valence electrons. The van der Waals surface area contributed by atoms with Gasteiger partial charge in [-0.05, 0) is 54.3 Å². The van der Waals surface area contributed by atoms with E-state index in [1.807, 2.05) is 26.0 Å². The molecule has 3 N–H and O–H groups in total.